The average molecular weight is 306 g/mol. The van der Waals surface area contributed by atoms with Crippen LogP contribution in [0.4, 0.5) is 10.1 Å². The number of nitrogens with zero attached hydrogens (tertiary/aromatic N) is 1. The van der Waals surface area contributed by atoms with Crippen LogP contribution in [0.25, 0.3) is 0 Å². The van der Waals surface area contributed by atoms with Crippen LogP contribution in [-0.2, 0) is 19.5 Å². The third-order valence-electron chi connectivity index (χ3n) is 2.70. The molecule has 0 unspecified atom stereocenters. The van der Waals surface area contributed by atoms with E-state index in [1.165, 1.54) is 30.7 Å². The van der Waals surface area contributed by atoms with Crippen molar-refractivity contribution in [3.63, 3.8) is 0 Å². The molecule has 114 valence electrons. The molecule has 0 fully saturated rings. The lowest BCUT2D eigenvalue weighted by molar-refractivity contribution is 0.150. The van der Waals surface area contributed by atoms with Crippen LogP contribution in [0.15, 0.2) is 23.1 Å². The van der Waals surface area contributed by atoms with Gasteiger partial charge in [0, 0.05) is 27.3 Å². The summed E-state index contributed by atoms with van der Waals surface area (Å²) in [5.74, 6) is -0.760. The molecule has 0 aliphatic rings. The zero-order valence-electron chi connectivity index (χ0n) is 11.5. The van der Waals surface area contributed by atoms with E-state index < -0.39 is 15.8 Å². The minimum absolute atomic E-state index is 0.0933. The van der Waals surface area contributed by atoms with Crippen LogP contribution in [0.5, 0.6) is 0 Å². The highest BCUT2D eigenvalue weighted by Crippen LogP contribution is 2.19. The van der Waals surface area contributed by atoms with Gasteiger partial charge in [0.2, 0.25) is 10.0 Å². The van der Waals surface area contributed by atoms with Gasteiger partial charge < -0.3 is 15.2 Å². The first kappa shape index (κ1) is 16.8. The monoisotopic (exact) mass is 306 g/mol. The molecular weight excluding hydrogens is 287 g/mol. The Kier molecular flexibility index (Phi) is 6.34. The van der Waals surface area contributed by atoms with Crippen molar-refractivity contribution in [3.8, 4) is 0 Å². The van der Waals surface area contributed by atoms with Crippen molar-refractivity contribution in [2.24, 2.45) is 0 Å². The number of ether oxygens (including phenoxy) is 2. The Labute approximate surface area is 118 Å². The highest BCUT2D eigenvalue weighted by Gasteiger charge is 2.24. The van der Waals surface area contributed by atoms with Crippen LogP contribution in [0, 0.1) is 5.82 Å². The van der Waals surface area contributed by atoms with E-state index in [9.17, 15) is 12.8 Å². The lowest BCUT2D eigenvalue weighted by Crippen LogP contribution is -2.36. The fraction of sp³-hybridized carbons (Fsp3) is 0.500. The fourth-order valence-corrected chi connectivity index (χ4v) is 2.98. The number of anilines is 1. The van der Waals surface area contributed by atoms with Crippen LogP contribution in [0.2, 0.25) is 0 Å². The lowest BCUT2D eigenvalue weighted by Gasteiger charge is -2.21. The molecule has 8 heteroatoms. The number of benzene rings is 1. The van der Waals surface area contributed by atoms with Crippen LogP contribution < -0.4 is 5.73 Å². The molecule has 6 nitrogen and oxygen atoms in total. The second kappa shape index (κ2) is 7.53. The molecule has 0 aromatic heterocycles. The SMILES string of the molecule is COCCN(CCOC)S(=O)(=O)c1ccc(N)c(F)c1. The molecule has 1 rings (SSSR count). The summed E-state index contributed by atoms with van der Waals surface area (Å²) in [5.41, 5.74) is 5.25. The summed E-state index contributed by atoms with van der Waals surface area (Å²) in [4.78, 5) is -0.142. The Morgan fingerprint density at radius 1 is 1.20 bits per heavy atom. The molecule has 20 heavy (non-hydrogen) atoms. The van der Waals surface area contributed by atoms with Crippen molar-refractivity contribution in [1.29, 1.82) is 0 Å². The first-order valence-corrected chi connectivity index (χ1v) is 7.40. The van der Waals surface area contributed by atoms with E-state index in [1.54, 1.807) is 0 Å². The number of rotatable bonds is 8. The normalized spacial score (nSPS) is 12.0. The summed E-state index contributed by atoms with van der Waals surface area (Å²) in [6, 6.07) is 3.42. The molecule has 0 heterocycles. The van der Waals surface area contributed by atoms with Gasteiger partial charge in [0.15, 0.2) is 0 Å². The maximum absolute atomic E-state index is 13.4. The number of methoxy groups -OCH3 is 2. The molecule has 1 aromatic rings. The molecule has 0 aliphatic heterocycles. The lowest BCUT2D eigenvalue weighted by atomic mass is 10.3. The Hall–Kier alpha value is -1.22. The van der Waals surface area contributed by atoms with Gasteiger partial charge in [-0.2, -0.15) is 4.31 Å². The Bertz CT molecular complexity index is 528. The van der Waals surface area contributed by atoms with Crippen LogP contribution in [0.3, 0.4) is 0 Å². The highest BCUT2D eigenvalue weighted by molar-refractivity contribution is 7.89. The molecule has 0 saturated heterocycles. The van der Waals surface area contributed by atoms with Crippen molar-refractivity contribution < 1.29 is 22.3 Å². The smallest absolute Gasteiger partial charge is 0.243 e. The number of halogens is 1. The zero-order valence-corrected chi connectivity index (χ0v) is 12.3. The summed E-state index contributed by atoms with van der Waals surface area (Å²) in [6.45, 7) is 0.795. The molecule has 0 saturated carbocycles. The molecular formula is C12H19FN2O4S. The predicted molar refractivity (Wildman–Crippen MR) is 73.3 cm³/mol. The number of hydrogen-bond donors (Lipinski definition) is 1. The average Bonchev–Trinajstić information content (AvgIpc) is 2.41. The van der Waals surface area contributed by atoms with E-state index >= 15 is 0 Å². The van der Waals surface area contributed by atoms with Crippen LogP contribution in [0.1, 0.15) is 0 Å². The van der Waals surface area contributed by atoms with Gasteiger partial charge in [0.25, 0.3) is 0 Å². The van der Waals surface area contributed by atoms with E-state index in [0.29, 0.717) is 0 Å². The first-order chi connectivity index (χ1) is 9.43. The summed E-state index contributed by atoms with van der Waals surface area (Å²) < 4.78 is 49.2. The fourth-order valence-electron chi connectivity index (χ4n) is 1.56. The van der Waals surface area contributed by atoms with E-state index in [2.05, 4.69) is 0 Å². The van der Waals surface area contributed by atoms with E-state index in [4.69, 9.17) is 15.2 Å². The Morgan fingerprint density at radius 2 is 1.75 bits per heavy atom. The number of sulfonamides is 1. The highest BCUT2D eigenvalue weighted by atomic mass is 32.2. The second-order valence-corrected chi connectivity index (χ2v) is 6.01. The molecule has 0 radical (unpaired) electrons. The predicted octanol–water partition coefficient (Wildman–Crippen LogP) is 0.691. The van der Waals surface area contributed by atoms with Crippen molar-refractivity contribution in [2.45, 2.75) is 4.90 Å². The van der Waals surface area contributed by atoms with Gasteiger partial charge in [-0.3, -0.25) is 0 Å². The molecule has 0 aliphatic carbocycles. The third kappa shape index (κ3) is 4.14. The van der Waals surface area contributed by atoms with Gasteiger partial charge in [-0.25, -0.2) is 12.8 Å². The van der Waals surface area contributed by atoms with E-state index in [-0.39, 0.29) is 36.9 Å². The quantitative estimate of drug-likeness (QED) is 0.715. The zero-order chi connectivity index (χ0) is 15.2. The first-order valence-electron chi connectivity index (χ1n) is 5.96. The summed E-state index contributed by atoms with van der Waals surface area (Å²) >= 11 is 0. The Morgan fingerprint density at radius 3 is 2.20 bits per heavy atom. The minimum Gasteiger partial charge on any atom is -0.396 e. The van der Waals surface area contributed by atoms with E-state index in [1.807, 2.05) is 0 Å². The number of nitrogens with two attached hydrogens (primary N) is 1. The summed E-state index contributed by atoms with van der Waals surface area (Å²) in [7, 11) is -0.855. The largest absolute Gasteiger partial charge is 0.396 e. The molecule has 0 spiro atoms. The van der Waals surface area contributed by atoms with E-state index in [0.717, 1.165) is 6.07 Å². The minimum atomic E-state index is -3.81. The van der Waals surface area contributed by atoms with Gasteiger partial charge in [-0.15, -0.1) is 0 Å². The van der Waals surface area contributed by atoms with Crippen molar-refractivity contribution in [1.82, 2.24) is 4.31 Å². The summed E-state index contributed by atoms with van der Waals surface area (Å²) in [5, 5.41) is 0. The second-order valence-electron chi connectivity index (χ2n) is 4.07. The molecule has 0 amide bonds. The molecule has 2 N–H and O–H groups in total. The van der Waals surface area contributed by atoms with Gasteiger partial charge in [0.1, 0.15) is 5.82 Å². The molecule has 1 aromatic carbocycles. The molecule has 0 bridgehead atoms. The van der Waals surface area contributed by atoms with Gasteiger partial charge in [-0.05, 0) is 18.2 Å². The third-order valence-corrected chi connectivity index (χ3v) is 4.59. The number of hydrogen-bond acceptors (Lipinski definition) is 5. The van der Waals surface area contributed by atoms with Gasteiger partial charge in [0.05, 0.1) is 23.8 Å². The topological polar surface area (TPSA) is 81.9 Å². The van der Waals surface area contributed by atoms with Crippen LogP contribution in [-0.4, -0.2) is 53.2 Å². The maximum Gasteiger partial charge on any atom is 0.243 e. The van der Waals surface area contributed by atoms with Crippen molar-refractivity contribution in [2.75, 3.05) is 46.3 Å². The van der Waals surface area contributed by atoms with Crippen molar-refractivity contribution in [3.05, 3.63) is 24.0 Å². The van der Waals surface area contributed by atoms with Gasteiger partial charge >= 0.3 is 0 Å². The van der Waals surface area contributed by atoms with Crippen molar-refractivity contribution >= 4 is 15.7 Å². The Balaban J connectivity index is 3.03. The van der Waals surface area contributed by atoms with Gasteiger partial charge in [-0.1, -0.05) is 0 Å². The maximum atomic E-state index is 13.4. The van der Waals surface area contributed by atoms with Crippen LogP contribution >= 0.6 is 0 Å². The molecule has 0 atom stereocenters. The summed E-state index contributed by atoms with van der Waals surface area (Å²) in [6.07, 6.45) is 0. The number of nitrogen functional groups attached to an aromatic ring is 1. The standard InChI is InChI=1S/C12H19FN2O4S/c1-18-7-5-15(6-8-19-2)20(16,17)10-3-4-12(14)11(13)9-10/h3-4,9H,5-8,14H2,1-2H3.